The van der Waals surface area contributed by atoms with E-state index in [9.17, 15) is 22.8 Å². The standard InChI is InChI=1S/C33H35F3N8O3/c1-32(2,3)47-31(46)37-14-16-43-20-27(40-41-43)22-8-5-10-24(18-22)38-30(45)44-25-11-6-15-42(19-25)28-13-12-26(39-29(28)44)21-7-4-9-23(17-21)33(34,35)36/h4-5,7-10,12-13,17-18,20,25H,6,11,14-16,19H2,1-3H3,(H,37,46)(H,38,45)/t25-/m0/s1. The van der Waals surface area contributed by atoms with Crippen molar-refractivity contribution in [1.29, 1.82) is 0 Å². The van der Waals surface area contributed by atoms with Gasteiger partial charge in [-0.15, -0.1) is 5.10 Å². The molecular formula is C33H35F3N8O3. The zero-order chi connectivity index (χ0) is 33.3. The molecule has 2 bridgehead atoms. The van der Waals surface area contributed by atoms with E-state index >= 15 is 0 Å². The van der Waals surface area contributed by atoms with Crippen molar-refractivity contribution in [2.24, 2.45) is 0 Å². The molecular weight excluding hydrogens is 613 g/mol. The lowest BCUT2D eigenvalue weighted by atomic mass is 9.99. The molecule has 1 fully saturated rings. The molecule has 2 aromatic heterocycles. The van der Waals surface area contributed by atoms with E-state index in [1.54, 1.807) is 66.9 Å². The molecule has 2 N–H and O–H groups in total. The fraction of sp³-hybridized carbons (Fsp3) is 0.364. The minimum Gasteiger partial charge on any atom is -0.444 e. The number of carbonyl (C=O) groups is 2. The van der Waals surface area contributed by atoms with Gasteiger partial charge in [0.2, 0.25) is 0 Å². The number of nitrogens with zero attached hydrogens (tertiary/aromatic N) is 6. The topological polar surface area (TPSA) is 118 Å². The van der Waals surface area contributed by atoms with Crippen LogP contribution in [0.15, 0.2) is 66.9 Å². The van der Waals surface area contributed by atoms with Gasteiger partial charge >= 0.3 is 18.3 Å². The van der Waals surface area contributed by atoms with Crippen molar-refractivity contribution in [1.82, 2.24) is 25.3 Å². The van der Waals surface area contributed by atoms with Crippen molar-refractivity contribution in [2.45, 2.75) is 58.0 Å². The first-order valence-corrected chi connectivity index (χ1v) is 15.4. The Balaban J connectivity index is 1.19. The first-order valence-electron chi connectivity index (χ1n) is 15.4. The summed E-state index contributed by atoms with van der Waals surface area (Å²) in [4.78, 5) is 34.4. The number of nitrogens with one attached hydrogen (secondary N) is 2. The Labute approximate surface area is 269 Å². The van der Waals surface area contributed by atoms with Gasteiger partial charge in [-0.05, 0) is 70.0 Å². The van der Waals surface area contributed by atoms with Crippen LogP contribution in [0.3, 0.4) is 0 Å². The lowest BCUT2D eigenvalue weighted by molar-refractivity contribution is -0.137. The van der Waals surface area contributed by atoms with Crippen LogP contribution in [0.5, 0.6) is 0 Å². The number of piperidine rings is 1. The lowest BCUT2D eigenvalue weighted by Gasteiger charge is -2.45. The van der Waals surface area contributed by atoms with Gasteiger partial charge in [-0.1, -0.05) is 29.5 Å². The van der Waals surface area contributed by atoms with E-state index < -0.39 is 23.4 Å². The molecule has 11 nitrogen and oxygen atoms in total. The number of alkyl carbamates (subject to hydrolysis) is 1. The van der Waals surface area contributed by atoms with Crippen LogP contribution in [0.25, 0.3) is 22.5 Å². The fourth-order valence-corrected chi connectivity index (χ4v) is 5.77. The summed E-state index contributed by atoms with van der Waals surface area (Å²) in [6.07, 6.45) is -1.60. The van der Waals surface area contributed by atoms with Gasteiger partial charge in [0.25, 0.3) is 0 Å². The number of ether oxygens (including phenoxy) is 1. The Morgan fingerprint density at radius 1 is 1.00 bits per heavy atom. The zero-order valence-electron chi connectivity index (χ0n) is 26.2. The Morgan fingerprint density at radius 2 is 1.77 bits per heavy atom. The second-order valence-electron chi connectivity index (χ2n) is 12.5. The third-order valence-electron chi connectivity index (χ3n) is 7.85. The number of fused-ring (bicyclic) bond motifs is 4. The number of rotatable bonds is 6. The third-order valence-corrected chi connectivity index (χ3v) is 7.85. The lowest BCUT2D eigenvalue weighted by Crippen LogP contribution is -2.56. The van der Waals surface area contributed by atoms with Crippen molar-refractivity contribution in [2.75, 3.05) is 34.8 Å². The number of anilines is 3. The SMILES string of the molecule is CC(C)(C)OC(=O)NCCn1cc(-c2cccc(NC(=O)N3c4nc(-c5cccc(C(F)(F)F)c5)ccc4N4CCC[C@H]3C4)c2)nn1. The molecule has 0 spiro atoms. The highest BCUT2D eigenvalue weighted by Gasteiger charge is 2.38. The summed E-state index contributed by atoms with van der Waals surface area (Å²) in [7, 11) is 0. The average molecular weight is 649 g/mol. The number of aromatic nitrogens is 4. The van der Waals surface area contributed by atoms with Crippen LogP contribution < -0.4 is 20.4 Å². The van der Waals surface area contributed by atoms with Gasteiger partial charge in [0.1, 0.15) is 11.3 Å². The van der Waals surface area contributed by atoms with E-state index in [0.29, 0.717) is 48.1 Å². The number of carbonyl (C=O) groups excluding carboxylic acids is 2. The Kier molecular flexibility index (Phi) is 8.51. The maximum absolute atomic E-state index is 13.9. The number of halogens is 3. The molecule has 0 saturated carbocycles. The zero-order valence-corrected chi connectivity index (χ0v) is 26.2. The number of hydrogen-bond donors (Lipinski definition) is 2. The summed E-state index contributed by atoms with van der Waals surface area (Å²) >= 11 is 0. The molecule has 2 aliphatic heterocycles. The minimum absolute atomic E-state index is 0.155. The number of hydrogen-bond acceptors (Lipinski definition) is 7. The molecule has 0 radical (unpaired) electrons. The van der Waals surface area contributed by atoms with Crippen LogP contribution in [-0.4, -0.2) is 63.4 Å². The highest BCUT2D eigenvalue weighted by atomic mass is 19.4. The fourth-order valence-electron chi connectivity index (χ4n) is 5.77. The Bertz CT molecular complexity index is 1790. The van der Waals surface area contributed by atoms with Crippen LogP contribution in [-0.2, 0) is 17.5 Å². The summed E-state index contributed by atoms with van der Waals surface area (Å²) in [5, 5.41) is 14.1. The number of urea groups is 1. The van der Waals surface area contributed by atoms with Crippen molar-refractivity contribution in [3.63, 3.8) is 0 Å². The van der Waals surface area contributed by atoms with Gasteiger partial charge in [-0.3, -0.25) is 9.58 Å². The quantitative estimate of drug-likeness (QED) is 0.243. The summed E-state index contributed by atoms with van der Waals surface area (Å²) in [6.45, 7) is 7.50. The van der Waals surface area contributed by atoms with Gasteiger partial charge < -0.3 is 20.3 Å². The van der Waals surface area contributed by atoms with E-state index in [2.05, 4.69) is 25.8 Å². The molecule has 4 aromatic rings. The van der Waals surface area contributed by atoms with E-state index in [4.69, 9.17) is 9.72 Å². The molecule has 2 aliphatic rings. The third kappa shape index (κ3) is 7.31. The molecule has 6 rings (SSSR count). The predicted octanol–water partition coefficient (Wildman–Crippen LogP) is 6.57. The van der Waals surface area contributed by atoms with E-state index in [1.807, 2.05) is 12.1 Å². The molecule has 0 unspecified atom stereocenters. The molecule has 1 atom stereocenters. The number of amides is 3. The first-order chi connectivity index (χ1) is 22.3. The minimum atomic E-state index is -4.49. The van der Waals surface area contributed by atoms with Crippen molar-refractivity contribution in [3.05, 3.63) is 72.4 Å². The second kappa shape index (κ2) is 12.6. The molecule has 47 heavy (non-hydrogen) atoms. The molecule has 14 heteroatoms. The number of pyridine rings is 1. The summed E-state index contributed by atoms with van der Waals surface area (Å²) in [6, 6.07) is 15.2. The summed E-state index contributed by atoms with van der Waals surface area (Å²) in [5.74, 6) is 0.410. The van der Waals surface area contributed by atoms with Crippen LogP contribution in [0, 0.1) is 0 Å². The van der Waals surface area contributed by atoms with Crippen LogP contribution in [0.4, 0.5) is 40.0 Å². The molecule has 1 saturated heterocycles. The Morgan fingerprint density at radius 3 is 2.53 bits per heavy atom. The number of alkyl halides is 3. The Hall–Kier alpha value is -5.14. The highest BCUT2D eigenvalue weighted by Crippen LogP contribution is 2.40. The van der Waals surface area contributed by atoms with Gasteiger partial charge in [-0.25, -0.2) is 14.6 Å². The van der Waals surface area contributed by atoms with Gasteiger partial charge in [-0.2, -0.15) is 13.2 Å². The van der Waals surface area contributed by atoms with E-state index in [0.717, 1.165) is 42.8 Å². The molecule has 0 aliphatic carbocycles. The number of benzene rings is 2. The van der Waals surface area contributed by atoms with Gasteiger partial charge in [0.15, 0.2) is 5.82 Å². The molecule has 4 heterocycles. The molecule has 246 valence electrons. The van der Waals surface area contributed by atoms with Crippen LogP contribution in [0.2, 0.25) is 0 Å². The predicted molar refractivity (Wildman–Crippen MR) is 171 cm³/mol. The van der Waals surface area contributed by atoms with Gasteiger partial charge in [0.05, 0.1) is 35.7 Å². The average Bonchev–Trinajstić information content (AvgIpc) is 3.49. The van der Waals surface area contributed by atoms with Crippen LogP contribution >= 0.6 is 0 Å². The van der Waals surface area contributed by atoms with Crippen molar-refractivity contribution >= 4 is 29.3 Å². The highest BCUT2D eigenvalue weighted by molar-refractivity contribution is 6.04. The van der Waals surface area contributed by atoms with E-state index in [-0.39, 0.29) is 12.1 Å². The first kappa shape index (κ1) is 31.8. The second-order valence-corrected chi connectivity index (χ2v) is 12.5. The van der Waals surface area contributed by atoms with Crippen LogP contribution in [0.1, 0.15) is 39.2 Å². The van der Waals surface area contributed by atoms with Crippen molar-refractivity contribution < 1.29 is 27.5 Å². The summed E-state index contributed by atoms with van der Waals surface area (Å²) < 4.78 is 47.1. The van der Waals surface area contributed by atoms with Crippen molar-refractivity contribution in [3.8, 4) is 22.5 Å². The summed E-state index contributed by atoms with van der Waals surface area (Å²) in [5.41, 5.74) is 1.91. The van der Waals surface area contributed by atoms with E-state index in [1.165, 1.54) is 6.07 Å². The van der Waals surface area contributed by atoms with Gasteiger partial charge in [0, 0.05) is 36.4 Å². The largest absolute Gasteiger partial charge is 0.444 e. The normalized spacial score (nSPS) is 16.0. The molecule has 3 amide bonds. The smallest absolute Gasteiger partial charge is 0.416 e. The maximum atomic E-state index is 13.9. The molecule has 2 aromatic carbocycles. The maximum Gasteiger partial charge on any atom is 0.416 e. The monoisotopic (exact) mass is 648 g/mol.